The Balaban J connectivity index is 1.12. The number of benzene rings is 2. The van der Waals surface area contributed by atoms with Crippen LogP contribution in [0.2, 0.25) is 0 Å². The van der Waals surface area contributed by atoms with E-state index in [4.69, 9.17) is 18.9 Å². The summed E-state index contributed by atoms with van der Waals surface area (Å²) in [5.74, 6) is -9.81. The van der Waals surface area contributed by atoms with Gasteiger partial charge in [0.25, 0.3) is 5.91 Å². The molecule has 5 rings (SSSR count). The number of carboxylic acid groups (broad SMARTS) is 1. The van der Waals surface area contributed by atoms with Crippen molar-refractivity contribution in [3.63, 3.8) is 0 Å². The van der Waals surface area contributed by atoms with Gasteiger partial charge in [-0.3, -0.25) is 67.5 Å². The number of methoxy groups -OCH3 is 3. The molecule has 0 radical (unpaired) electrons. The molecule has 0 unspecified atom stereocenters. The number of nitrogens with zero attached hydrogens (tertiary/aromatic N) is 7. The molecular formula is C58H88N14O23S3. The molecule has 2 aromatic carbocycles. The number of pyridine rings is 1. The number of imidazole rings is 1. The van der Waals surface area contributed by atoms with E-state index in [1.807, 2.05) is 7.05 Å². The molecule has 1 aliphatic heterocycles. The van der Waals surface area contributed by atoms with Gasteiger partial charge in [-0.05, 0) is 61.2 Å². The maximum absolute atomic E-state index is 13.8. The average Bonchev–Trinajstić information content (AvgIpc) is 0.819. The first-order valence-electron chi connectivity index (χ1n) is 30.4. The summed E-state index contributed by atoms with van der Waals surface area (Å²) in [4.78, 5) is 141. The third-order valence-electron chi connectivity index (χ3n) is 15.2. The smallest absolute Gasteiger partial charge is 0.323 e. The van der Waals surface area contributed by atoms with E-state index in [2.05, 4.69) is 41.6 Å². The van der Waals surface area contributed by atoms with Gasteiger partial charge in [-0.25, -0.2) is 13.4 Å². The number of aliphatic carboxylic acids is 1. The maximum atomic E-state index is 13.8. The summed E-state index contributed by atoms with van der Waals surface area (Å²) in [7, 11) is -6.61. The summed E-state index contributed by atoms with van der Waals surface area (Å²) in [6.45, 7) is 2.35. The van der Waals surface area contributed by atoms with Crippen LogP contribution in [0.5, 0.6) is 5.75 Å². The predicted molar refractivity (Wildman–Crippen MR) is 357 cm³/mol. The van der Waals surface area contributed by atoms with Crippen LogP contribution in [0.1, 0.15) is 39.9 Å². The molecule has 0 aliphatic carbocycles. The molecule has 1 saturated heterocycles. The lowest BCUT2D eigenvalue weighted by molar-refractivity contribution is -0.144. The number of carbonyl (C=O) groups excluding carboxylic acids is 8. The van der Waals surface area contributed by atoms with Crippen molar-refractivity contribution in [2.24, 2.45) is 14.1 Å². The number of amides is 5. The van der Waals surface area contributed by atoms with E-state index in [-0.39, 0.29) is 137 Å². The second kappa shape index (κ2) is 37.7. The molecule has 98 heavy (non-hydrogen) atoms. The third-order valence-corrected chi connectivity index (χ3v) is 18.5. The third kappa shape index (κ3) is 26.6. The number of esters is 3. The molecule has 3 atom stereocenters. The Morgan fingerprint density at radius 1 is 0.633 bits per heavy atom. The minimum Gasteiger partial charge on any atom is -0.494 e. The summed E-state index contributed by atoms with van der Waals surface area (Å²) >= 11 is 0. The highest BCUT2D eigenvalue weighted by molar-refractivity contribution is 8.19. The van der Waals surface area contributed by atoms with Crippen molar-refractivity contribution in [1.82, 2.24) is 65.0 Å². The fraction of sp³-hybridized carbons (Fsp3) is 0.534. The van der Waals surface area contributed by atoms with Crippen molar-refractivity contribution in [2.45, 2.75) is 56.3 Å². The van der Waals surface area contributed by atoms with Crippen LogP contribution in [0.4, 0.5) is 5.95 Å². The lowest BCUT2D eigenvalue weighted by Gasteiger charge is -2.33. The molecular weight excluding hydrogens is 1360 g/mol. The van der Waals surface area contributed by atoms with Gasteiger partial charge in [-0.1, -0.05) is 6.07 Å². The minimum absolute atomic E-state index is 0.0605. The van der Waals surface area contributed by atoms with Crippen LogP contribution in [0, 0.1) is 13.8 Å². The van der Waals surface area contributed by atoms with Crippen LogP contribution in [-0.2, 0) is 83.2 Å². The Kier molecular flexibility index (Phi) is 31.0. The number of sulfonamides is 1. The molecule has 3 heterocycles. The van der Waals surface area contributed by atoms with E-state index in [9.17, 15) is 88.8 Å². The van der Waals surface area contributed by atoms with Crippen molar-refractivity contribution in [1.29, 1.82) is 0 Å². The number of carbonyl (C=O) groups is 9. The number of ether oxygens (including phenoxy) is 4. The van der Waals surface area contributed by atoms with Crippen LogP contribution in [0.15, 0.2) is 58.6 Å². The Hall–Kier alpha value is -8.10. The summed E-state index contributed by atoms with van der Waals surface area (Å²) < 4.78 is 113. The zero-order chi connectivity index (χ0) is 72.7. The topological polar surface area (TPSA) is 503 Å². The van der Waals surface area contributed by atoms with Crippen LogP contribution >= 0.6 is 21.7 Å². The van der Waals surface area contributed by atoms with Crippen LogP contribution in [0.25, 0.3) is 10.9 Å². The van der Waals surface area contributed by atoms with Gasteiger partial charge in [0.15, 0.2) is 0 Å². The van der Waals surface area contributed by atoms with Gasteiger partial charge in [0.1, 0.15) is 29.4 Å². The van der Waals surface area contributed by atoms with Crippen LogP contribution < -0.4 is 46.8 Å². The van der Waals surface area contributed by atoms with Gasteiger partial charge in [-0.2, -0.15) is 4.72 Å². The fourth-order valence-electron chi connectivity index (χ4n) is 10.2. The van der Waals surface area contributed by atoms with Crippen LogP contribution in [0.3, 0.4) is 0 Å². The van der Waals surface area contributed by atoms with Gasteiger partial charge in [0.05, 0.1) is 97.8 Å². The number of hydrogen-bond acceptors (Lipinski definition) is 28. The highest BCUT2D eigenvalue weighted by Gasteiger charge is 2.35. The number of aryl methyl sites for hydroxylation is 4. The number of aromatic nitrogens is 3. The first-order valence-corrected chi connectivity index (χ1v) is 35.2. The van der Waals surface area contributed by atoms with E-state index in [0.717, 1.165) is 5.56 Å². The normalized spacial score (nSPS) is 15.4. The highest BCUT2D eigenvalue weighted by atomic mass is 32.3. The molecule has 0 bridgehead atoms. The van der Waals surface area contributed by atoms with Crippen molar-refractivity contribution in [3.8, 4) is 5.75 Å². The first kappa shape index (κ1) is 80.6. The Morgan fingerprint density at radius 3 is 1.63 bits per heavy atom. The lowest BCUT2D eigenvalue weighted by atomic mass is 10.1. The molecule has 5 amide bonds. The number of nitrogens with one attached hydrogen (secondary N) is 7. The molecule has 14 N–H and O–H groups in total. The monoisotopic (exact) mass is 1440 g/mol. The number of hydrogen-bond donors (Lipinski definition) is 14. The quantitative estimate of drug-likeness (QED) is 0.0140. The van der Waals surface area contributed by atoms with E-state index < -0.39 is 133 Å². The Morgan fingerprint density at radius 2 is 1.14 bits per heavy atom. The number of fused-ring (bicyclic) bond motifs is 1. The molecule has 0 spiro atoms. The molecule has 1 aliphatic rings. The number of anilines is 1. The molecule has 4 aromatic rings. The van der Waals surface area contributed by atoms with E-state index in [1.54, 1.807) is 66.4 Å². The summed E-state index contributed by atoms with van der Waals surface area (Å²) in [5.41, 5.74) is 0.700. The average molecular weight is 1450 g/mol. The van der Waals surface area contributed by atoms with Crippen molar-refractivity contribution < 1.29 is 103 Å². The Labute approximate surface area is 568 Å². The van der Waals surface area contributed by atoms with Crippen molar-refractivity contribution >= 4 is 102 Å². The molecule has 40 heteroatoms. The van der Waals surface area contributed by atoms with Crippen molar-refractivity contribution in [3.05, 3.63) is 81.4 Å². The Bertz CT molecular complexity index is 3580. The predicted octanol–water partition coefficient (Wildman–Crippen LogP) is -1.79. The van der Waals surface area contributed by atoms with Gasteiger partial charge < -0.3 is 92.4 Å². The first-order chi connectivity index (χ1) is 46.1. The second-order valence-corrected chi connectivity index (χ2v) is 27.7. The zero-order valence-electron chi connectivity index (χ0n) is 55.2. The SMILES string of the molecule is COC(=O)CN1CCN(CC(=O)N[C@@H](CS(O)(O)O)C(=O)N[C@@H](CS(O)(O)O)C(=O)NCCNC(=O)CCCOc2cc(C)c(S(=O)(=O)N[C@@H](CNC(=O)c3cn(C)c4cc(CNc5nccn5C)ccc4c3=O)C(=O)O)c(C)c2)CCN(CC(=O)OC)CCN(CC(=O)OC)CC1. The molecule has 546 valence electrons. The largest absolute Gasteiger partial charge is 0.494 e. The van der Waals surface area contributed by atoms with Gasteiger partial charge in [0, 0.05) is 123 Å². The van der Waals surface area contributed by atoms with Gasteiger partial charge >= 0.3 is 23.9 Å². The molecule has 0 saturated carbocycles. The second-order valence-electron chi connectivity index (χ2n) is 22.9. The highest BCUT2D eigenvalue weighted by Crippen LogP contribution is 2.35. The van der Waals surface area contributed by atoms with Gasteiger partial charge in [-0.15, -0.1) is 0 Å². The number of rotatable bonds is 34. The summed E-state index contributed by atoms with van der Waals surface area (Å²) in [6, 6.07) is 1.94. The summed E-state index contributed by atoms with van der Waals surface area (Å²) in [5, 5.41) is 25.1. The van der Waals surface area contributed by atoms with Crippen LogP contribution in [-0.4, -0.2) is 284 Å². The van der Waals surface area contributed by atoms with Crippen molar-refractivity contribution in [2.75, 3.05) is 143 Å². The lowest BCUT2D eigenvalue weighted by Crippen LogP contribution is -2.58. The zero-order valence-corrected chi connectivity index (χ0v) is 57.7. The standard InChI is InChI=1S/C58H88N14O23S3/c1-37-25-40(26-38(2)53(37)98(90,91)66-43(57(82)83)29-62-54(79)42-30-68(4)46-27-39(10-11-41(46)52(42)78)28-63-58-61-14-15-67(58)3)95-24-8-9-47(73)59-12-13-60-55(80)44(35-96(84,85)86)65-56(81)45(36-97(87,88)89)64-48(74)31-69-16-18-70(32-49(75)92-5)20-22-72(34-51(77)94-7)23-21-71(19-17-69)33-50(76)93-6/h10-11,14-15,25-27,30,43-45,66,84-89H,8-9,12-13,16-24,28-29,31-36H2,1-7H3,(H,59,73)(H,60,80)(H,61,63)(H,62,79)(H,64,74)(H,65,81)(H,82,83)/t43-,44-,45-/m0/s1. The molecule has 2 aromatic heterocycles. The van der Waals surface area contributed by atoms with Gasteiger partial charge in [0.2, 0.25) is 45.0 Å². The molecule has 1 fully saturated rings. The maximum Gasteiger partial charge on any atom is 0.323 e. The number of carboxylic acids is 1. The van der Waals surface area contributed by atoms with E-state index >= 15 is 0 Å². The fourth-order valence-corrected chi connectivity index (χ4v) is 13.2. The summed E-state index contributed by atoms with van der Waals surface area (Å²) in [6.07, 6.45) is 4.70. The van der Waals surface area contributed by atoms with E-state index in [1.165, 1.54) is 53.5 Å². The van der Waals surface area contributed by atoms with E-state index in [0.29, 0.717) is 18.0 Å². The minimum atomic E-state index is -4.58. The molecule has 37 nitrogen and oxygen atoms in total.